The summed E-state index contributed by atoms with van der Waals surface area (Å²) < 4.78 is 33.1. The van der Waals surface area contributed by atoms with Gasteiger partial charge in [0, 0.05) is 25.7 Å². The molecule has 0 radical (unpaired) electrons. The lowest BCUT2D eigenvalue weighted by Crippen LogP contribution is -2.45. The van der Waals surface area contributed by atoms with Gasteiger partial charge in [0.2, 0.25) is 15.9 Å². The number of aryl methyl sites for hydroxylation is 1. The molecule has 2 heterocycles. The van der Waals surface area contributed by atoms with Gasteiger partial charge < -0.3 is 15.4 Å². The van der Waals surface area contributed by atoms with E-state index in [1.54, 1.807) is 13.0 Å². The molecule has 1 saturated heterocycles. The van der Waals surface area contributed by atoms with Crippen LogP contribution >= 0.6 is 0 Å². The van der Waals surface area contributed by atoms with Gasteiger partial charge in [0.25, 0.3) is 5.91 Å². The van der Waals surface area contributed by atoms with Crippen molar-refractivity contribution >= 4 is 27.5 Å². The monoisotopic (exact) mass is 395 g/mol. The van der Waals surface area contributed by atoms with E-state index in [1.165, 1.54) is 10.4 Å². The van der Waals surface area contributed by atoms with Crippen molar-refractivity contribution < 1.29 is 22.7 Å². The number of fused-ring (bicyclic) bond motifs is 1. The van der Waals surface area contributed by atoms with Crippen molar-refractivity contribution in [2.45, 2.75) is 38.0 Å². The number of carbonyl (C=O) groups excluding carboxylic acids is 2. The molecule has 0 bridgehead atoms. The Balaban J connectivity index is 1.83. The number of anilines is 1. The third-order valence-electron chi connectivity index (χ3n) is 4.83. The summed E-state index contributed by atoms with van der Waals surface area (Å²) in [5, 5.41) is 5.52. The third-order valence-corrected chi connectivity index (χ3v) is 6.84. The lowest BCUT2D eigenvalue weighted by atomic mass is 9.99. The Hall–Kier alpha value is -2.13. The highest BCUT2D eigenvalue weighted by atomic mass is 32.2. The molecular formula is C18H25N3O5S. The van der Waals surface area contributed by atoms with E-state index in [-0.39, 0.29) is 35.8 Å². The summed E-state index contributed by atoms with van der Waals surface area (Å²) in [6, 6.07) is 3.06. The molecule has 1 unspecified atom stereocenters. The molecule has 1 aromatic carbocycles. The average Bonchev–Trinajstić information content (AvgIpc) is 2.65. The molecule has 0 spiro atoms. The molecule has 0 saturated carbocycles. The van der Waals surface area contributed by atoms with Crippen LogP contribution in [0.4, 0.5) is 5.69 Å². The van der Waals surface area contributed by atoms with E-state index in [4.69, 9.17) is 4.74 Å². The molecule has 1 fully saturated rings. The molecule has 3 rings (SSSR count). The van der Waals surface area contributed by atoms with Crippen molar-refractivity contribution in [3.63, 3.8) is 0 Å². The van der Waals surface area contributed by atoms with Crippen LogP contribution in [0.1, 0.15) is 31.7 Å². The van der Waals surface area contributed by atoms with Gasteiger partial charge in [-0.25, -0.2) is 8.42 Å². The lowest BCUT2D eigenvalue weighted by molar-refractivity contribution is -0.126. The number of amides is 2. The number of carbonyl (C=O) groups is 2. The maximum atomic E-state index is 13.2. The van der Waals surface area contributed by atoms with Crippen LogP contribution in [-0.2, 0) is 19.6 Å². The van der Waals surface area contributed by atoms with Crippen LogP contribution in [0.3, 0.4) is 0 Å². The third kappa shape index (κ3) is 4.08. The van der Waals surface area contributed by atoms with Crippen LogP contribution in [0.25, 0.3) is 0 Å². The predicted octanol–water partition coefficient (Wildman–Crippen LogP) is 1.25. The number of rotatable bonds is 5. The first-order chi connectivity index (χ1) is 12.8. The van der Waals surface area contributed by atoms with E-state index >= 15 is 0 Å². The van der Waals surface area contributed by atoms with Gasteiger partial charge in [0.1, 0.15) is 5.75 Å². The first kappa shape index (κ1) is 19.6. The number of benzene rings is 1. The fraction of sp³-hybridized carbons (Fsp3) is 0.556. The second-order valence-electron chi connectivity index (χ2n) is 6.94. The average molecular weight is 395 g/mol. The predicted molar refractivity (Wildman–Crippen MR) is 100 cm³/mol. The Morgan fingerprint density at radius 2 is 2.19 bits per heavy atom. The van der Waals surface area contributed by atoms with Gasteiger partial charge in [0.15, 0.2) is 6.61 Å². The summed E-state index contributed by atoms with van der Waals surface area (Å²) >= 11 is 0. The molecule has 1 aromatic rings. The van der Waals surface area contributed by atoms with Gasteiger partial charge in [-0.3, -0.25) is 9.59 Å². The van der Waals surface area contributed by atoms with Gasteiger partial charge in [-0.15, -0.1) is 0 Å². The summed E-state index contributed by atoms with van der Waals surface area (Å²) in [6.45, 7) is 4.67. The first-order valence-corrected chi connectivity index (χ1v) is 10.6. The molecule has 1 atom stereocenters. The van der Waals surface area contributed by atoms with Gasteiger partial charge >= 0.3 is 0 Å². The van der Waals surface area contributed by atoms with Crippen LogP contribution in [0.2, 0.25) is 0 Å². The normalized spacial score (nSPS) is 20.4. The minimum Gasteiger partial charge on any atom is -0.482 e. The molecule has 148 valence electrons. The van der Waals surface area contributed by atoms with Crippen LogP contribution in [0.5, 0.6) is 5.75 Å². The van der Waals surface area contributed by atoms with Crippen LogP contribution in [-0.4, -0.2) is 50.8 Å². The number of piperidine rings is 1. The highest BCUT2D eigenvalue weighted by molar-refractivity contribution is 7.89. The number of hydrogen-bond donors (Lipinski definition) is 2. The summed E-state index contributed by atoms with van der Waals surface area (Å²) in [5.74, 6) is -0.360. The van der Waals surface area contributed by atoms with Crippen LogP contribution in [0, 0.1) is 12.8 Å². The first-order valence-electron chi connectivity index (χ1n) is 9.18. The Morgan fingerprint density at radius 3 is 2.93 bits per heavy atom. The minimum absolute atomic E-state index is 0.0926. The standard InChI is InChI=1S/C18H25N3O5S/c1-3-6-19-18(23)13-5-4-7-21(10-13)27(24,25)16-9-15-14(8-12(16)2)20-17(22)11-26-15/h8-9,13H,3-7,10-11H2,1-2H3,(H,19,23)(H,20,22). The second kappa shape index (κ2) is 7.85. The molecule has 27 heavy (non-hydrogen) atoms. The summed E-state index contributed by atoms with van der Waals surface area (Å²) in [4.78, 5) is 23.8. The van der Waals surface area contributed by atoms with Crippen molar-refractivity contribution in [2.75, 3.05) is 31.6 Å². The summed E-state index contributed by atoms with van der Waals surface area (Å²) in [6.07, 6.45) is 2.16. The Bertz CT molecular complexity index is 853. The molecule has 2 aliphatic rings. The zero-order chi connectivity index (χ0) is 19.6. The van der Waals surface area contributed by atoms with Crippen molar-refractivity contribution in [1.82, 2.24) is 9.62 Å². The van der Waals surface area contributed by atoms with E-state index < -0.39 is 10.0 Å². The summed E-state index contributed by atoms with van der Waals surface area (Å²) in [7, 11) is -3.77. The molecule has 0 aliphatic carbocycles. The molecule has 8 nitrogen and oxygen atoms in total. The number of hydrogen-bond acceptors (Lipinski definition) is 5. The smallest absolute Gasteiger partial charge is 0.262 e. The molecule has 2 aliphatic heterocycles. The van der Waals surface area contributed by atoms with Crippen molar-refractivity contribution in [3.8, 4) is 5.75 Å². The van der Waals surface area contributed by atoms with Crippen LogP contribution < -0.4 is 15.4 Å². The number of nitrogens with one attached hydrogen (secondary N) is 2. The van der Waals surface area contributed by atoms with Gasteiger partial charge in [-0.05, 0) is 37.8 Å². The Kier molecular flexibility index (Phi) is 5.71. The quantitative estimate of drug-likeness (QED) is 0.781. The number of sulfonamides is 1. The van der Waals surface area contributed by atoms with E-state index in [9.17, 15) is 18.0 Å². The zero-order valence-electron chi connectivity index (χ0n) is 15.6. The Labute approximate surface area is 159 Å². The van der Waals surface area contributed by atoms with Crippen molar-refractivity contribution in [1.29, 1.82) is 0 Å². The van der Waals surface area contributed by atoms with Gasteiger partial charge in [-0.1, -0.05) is 6.92 Å². The number of ether oxygens (including phenoxy) is 1. The fourth-order valence-corrected chi connectivity index (χ4v) is 5.15. The molecule has 2 N–H and O–H groups in total. The molecule has 9 heteroatoms. The van der Waals surface area contributed by atoms with E-state index in [1.807, 2.05) is 6.92 Å². The summed E-state index contributed by atoms with van der Waals surface area (Å²) in [5.41, 5.74) is 0.996. The maximum absolute atomic E-state index is 13.2. The van der Waals surface area contributed by atoms with E-state index in [0.29, 0.717) is 42.9 Å². The molecule has 2 amide bonds. The maximum Gasteiger partial charge on any atom is 0.262 e. The molecular weight excluding hydrogens is 370 g/mol. The largest absolute Gasteiger partial charge is 0.482 e. The Morgan fingerprint density at radius 1 is 1.41 bits per heavy atom. The SMILES string of the molecule is CCCNC(=O)C1CCCN(S(=O)(=O)c2cc3c(cc2C)NC(=O)CO3)C1. The number of nitrogens with zero attached hydrogens (tertiary/aromatic N) is 1. The molecule has 0 aromatic heterocycles. The fourth-order valence-electron chi connectivity index (χ4n) is 3.40. The zero-order valence-corrected chi connectivity index (χ0v) is 16.4. The van der Waals surface area contributed by atoms with Crippen molar-refractivity contribution in [3.05, 3.63) is 17.7 Å². The van der Waals surface area contributed by atoms with Gasteiger partial charge in [-0.2, -0.15) is 4.31 Å². The second-order valence-corrected chi connectivity index (χ2v) is 8.85. The lowest BCUT2D eigenvalue weighted by Gasteiger charge is -2.32. The van der Waals surface area contributed by atoms with Crippen LogP contribution in [0.15, 0.2) is 17.0 Å². The highest BCUT2D eigenvalue weighted by Gasteiger charge is 2.34. The van der Waals surface area contributed by atoms with Gasteiger partial charge in [0.05, 0.1) is 16.5 Å². The minimum atomic E-state index is -3.77. The van der Waals surface area contributed by atoms with E-state index in [2.05, 4.69) is 10.6 Å². The topological polar surface area (TPSA) is 105 Å². The van der Waals surface area contributed by atoms with E-state index in [0.717, 1.165) is 6.42 Å². The highest BCUT2D eigenvalue weighted by Crippen LogP contribution is 2.35. The van der Waals surface area contributed by atoms with Crippen molar-refractivity contribution in [2.24, 2.45) is 5.92 Å².